The summed E-state index contributed by atoms with van der Waals surface area (Å²) in [6.07, 6.45) is 7.14. The van der Waals surface area contributed by atoms with Gasteiger partial charge in [0.25, 0.3) is 0 Å². The van der Waals surface area contributed by atoms with Crippen molar-refractivity contribution in [2.24, 2.45) is 0 Å². The van der Waals surface area contributed by atoms with E-state index in [1.807, 2.05) is 12.1 Å². The van der Waals surface area contributed by atoms with Crippen LogP contribution in [-0.4, -0.2) is 30.6 Å². The van der Waals surface area contributed by atoms with E-state index in [0.717, 1.165) is 24.8 Å². The Kier molecular flexibility index (Phi) is 6.44. The molecule has 1 aliphatic rings. The predicted octanol–water partition coefficient (Wildman–Crippen LogP) is 5.22. The molecule has 2 aromatic carbocycles. The van der Waals surface area contributed by atoms with Crippen LogP contribution in [0.25, 0.3) is 0 Å². The van der Waals surface area contributed by atoms with Crippen LogP contribution >= 0.6 is 0 Å². The third-order valence-electron chi connectivity index (χ3n) is 5.93. The van der Waals surface area contributed by atoms with E-state index in [2.05, 4.69) is 49.3 Å². The van der Waals surface area contributed by atoms with Crippen LogP contribution in [-0.2, 0) is 17.8 Å². The van der Waals surface area contributed by atoms with Crippen LogP contribution in [0.1, 0.15) is 43.2 Å². The summed E-state index contributed by atoms with van der Waals surface area (Å²) < 4.78 is 19.1. The Morgan fingerprint density at radius 3 is 2.23 bits per heavy atom. The van der Waals surface area contributed by atoms with Crippen molar-refractivity contribution in [3.05, 3.63) is 71.5 Å². The third kappa shape index (κ3) is 4.93. The number of benzene rings is 2. The minimum absolute atomic E-state index is 0.194. The van der Waals surface area contributed by atoms with Gasteiger partial charge >= 0.3 is 0 Å². The molecular formula is C23H30FNO. The van der Waals surface area contributed by atoms with Gasteiger partial charge in [-0.15, -0.1) is 0 Å². The van der Waals surface area contributed by atoms with Crippen LogP contribution in [0.2, 0.25) is 0 Å². The maximum absolute atomic E-state index is 13.0. The third-order valence-corrected chi connectivity index (χ3v) is 5.93. The topological polar surface area (TPSA) is 12.5 Å². The molecule has 140 valence electrons. The average Bonchev–Trinajstić information content (AvgIpc) is 2.67. The highest BCUT2D eigenvalue weighted by Crippen LogP contribution is 2.37. The molecule has 1 saturated carbocycles. The molecule has 2 aromatic rings. The molecule has 0 amide bonds. The molecule has 26 heavy (non-hydrogen) atoms. The number of halogens is 1. The van der Waals surface area contributed by atoms with Crippen molar-refractivity contribution in [2.45, 2.75) is 56.8 Å². The monoisotopic (exact) mass is 355 g/mol. The molecular weight excluding hydrogens is 325 g/mol. The Labute approximate surface area is 157 Å². The fourth-order valence-electron chi connectivity index (χ4n) is 4.03. The summed E-state index contributed by atoms with van der Waals surface area (Å²) in [6.45, 7) is 0.573. The summed E-state index contributed by atoms with van der Waals surface area (Å²) in [5.41, 5.74) is 2.73. The second-order valence-corrected chi connectivity index (χ2v) is 7.74. The molecule has 0 unspecified atom stereocenters. The molecule has 0 spiro atoms. The summed E-state index contributed by atoms with van der Waals surface area (Å²) >= 11 is 0. The van der Waals surface area contributed by atoms with Gasteiger partial charge in [-0.3, -0.25) is 0 Å². The summed E-state index contributed by atoms with van der Waals surface area (Å²) in [7, 11) is 4.43. The fraction of sp³-hybridized carbons (Fsp3) is 0.478. The number of rotatable bonds is 7. The van der Waals surface area contributed by atoms with E-state index in [4.69, 9.17) is 4.74 Å². The lowest BCUT2D eigenvalue weighted by Crippen LogP contribution is -2.48. The zero-order valence-corrected chi connectivity index (χ0v) is 16.0. The van der Waals surface area contributed by atoms with Crippen LogP contribution in [0.3, 0.4) is 0 Å². The molecule has 0 heterocycles. The molecule has 2 nitrogen and oxygen atoms in total. The highest BCUT2D eigenvalue weighted by atomic mass is 19.1. The first-order valence-corrected chi connectivity index (χ1v) is 9.65. The Balaban J connectivity index is 1.51. The van der Waals surface area contributed by atoms with Crippen molar-refractivity contribution >= 4 is 0 Å². The van der Waals surface area contributed by atoms with Crippen LogP contribution in [0, 0.1) is 5.82 Å². The van der Waals surface area contributed by atoms with Gasteiger partial charge in [0.05, 0.1) is 12.7 Å². The van der Waals surface area contributed by atoms with Gasteiger partial charge in [0, 0.05) is 5.54 Å². The smallest absolute Gasteiger partial charge is 0.123 e. The number of hydrogen-bond acceptors (Lipinski definition) is 2. The molecule has 3 rings (SSSR count). The molecule has 0 N–H and O–H groups in total. The van der Waals surface area contributed by atoms with E-state index >= 15 is 0 Å². The van der Waals surface area contributed by atoms with Crippen molar-refractivity contribution in [3.63, 3.8) is 0 Å². The SMILES string of the molecule is CN(C)C1(CCc2ccccc2)CCC(OCc2ccc(F)cc2)CC1. The minimum atomic E-state index is -0.194. The first-order chi connectivity index (χ1) is 12.6. The number of aryl methyl sites for hydroxylation is 1. The fourth-order valence-corrected chi connectivity index (χ4v) is 4.03. The maximum atomic E-state index is 13.0. The van der Waals surface area contributed by atoms with Gasteiger partial charge in [0.1, 0.15) is 5.82 Å². The van der Waals surface area contributed by atoms with Crippen LogP contribution in [0.5, 0.6) is 0 Å². The summed E-state index contributed by atoms with van der Waals surface area (Å²) in [6, 6.07) is 17.4. The summed E-state index contributed by atoms with van der Waals surface area (Å²) in [5, 5.41) is 0. The Morgan fingerprint density at radius 2 is 1.62 bits per heavy atom. The lowest BCUT2D eigenvalue weighted by Gasteiger charge is -2.45. The van der Waals surface area contributed by atoms with E-state index in [1.165, 1.54) is 37.0 Å². The number of ether oxygens (including phenoxy) is 1. The van der Waals surface area contributed by atoms with Gasteiger partial charge in [-0.25, -0.2) is 4.39 Å². The van der Waals surface area contributed by atoms with Gasteiger partial charge in [0.2, 0.25) is 0 Å². The van der Waals surface area contributed by atoms with E-state index in [0.29, 0.717) is 12.7 Å². The Bertz CT molecular complexity index is 660. The molecule has 3 heteroatoms. The second kappa shape index (κ2) is 8.79. The normalized spacial score (nSPS) is 23.3. The Hall–Kier alpha value is -1.71. The standard InChI is InChI=1S/C23H30FNO/c1-25(2)23(15-12-19-6-4-3-5-7-19)16-13-22(14-17-23)26-18-20-8-10-21(24)11-9-20/h3-11,22H,12-18H2,1-2H3. The molecule has 1 fully saturated rings. The van der Waals surface area contributed by atoms with Crippen LogP contribution in [0.15, 0.2) is 54.6 Å². The van der Waals surface area contributed by atoms with E-state index in [9.17, 15) is 4.39 Å². The number of nitrogens with zero attached hydrogens (tertiary/aromatic N) is 1. The first kappa shape index (κ1) is 19.1. The quantitative estimate of drug-likeness (QED) is 0.675. The molecule has 0 saturated heterocycles. The molecule has 0 bridgehead atoms. The van der Waals surface area contributed by atoms with E-state index in [-0.39, 0.29) is 11.4 Å². The molecule has 0 aromatic heterocycles. The van der Waals surface area contributed by atoms with Gasteiger partial charge in [-0.05, 0) is 75.9 Å². The first-order valence-electron chi connectivity index (χ1n) is 9.65. The Morgan fingerprint density at radius 1 is 0.962 bits per heavy atom. The van der Waals surface area contributed by atoms with Crippen molar-refractivity contribution in [2.75, 3.05) is 14.1 Å². The van der Waals surface area contributed by atoms with Gasteiger partial charge in [0.15, 0.2) is 0 Å². The lowest BCUT2D eigenvalue weighted by atomic mass is 9.76. The van der Waals surface area contributed by atoms with E-state index in [1.54, 1.807) is 0 Å². The zero-order chi connectivity index (χ0) is 18.4. The van der Waals surface area contributed by atoms with Crippen LogP contribution < -0.4 is 0 Å². The molecule has 0 aliphatic heterocycles. The van der Waals surface area contributed by atoms with Crippen molar-refractivity contribution in [3.8, 4) is 0 Å². The van der Waals surface area contributed by atoms with Crippen molar-refractivity contribution in [1.29, 1.82) is 0 Å². The average molecular weight is 355 g/mol. The largest absolute Gasteiger partial charge is 0.374 e. The van der Waals surface area contributed by atoms with Gasteiger partial charge < -0.3 is 9.64 Å². The molecule has 1 aliphatic carbocycles. The zero-order valence-electron chi connectivity index (χ0n) is 16.0. The van der Waals surface area contributed by atoms with Crippen molar-refractivity contribution < 1.29 is 9.13 Å². The highest BCUT2D eigenvalue weighted by Gasteiger charge is 2.37. The van der Waals surface area contributed by atoms with Crippen molar-refractivity contribution in [1.82, 2.24) is 4.90 Å². The second-order valence-electron chi connectivity index (χ2n) is 7.74. The van der Waals surface area contributed by atoms with Gasteiger partial charge in [-0.1, -0.05) is 42.5 Å². The highest BCUT2D eigenvalue weighted by molar-refractivity contribution is 5.16. The maximum Gasteiger partial charge on any atom is 0.123 e. The number of hydrogen-bond donors (Lipinski definition) is 0. The lowest BCUT2D eigenvalue weighted by molar-refractivity contribution is -0.0254. The van der Waals surface area contributed by atoms with E-state index < -0.39 is 0 Å². The molecule has 0 atom stereocenters. The van der Waals surface area contributed by atoms with Crippen LogP contribution in [0.4, 0.5) is 4.39 Å². The minimum Gasteiger partial charge on any atom is -0.374 e. The predicted molar refractivity (Wildman–Crippen MR) is 105 cm³/mol. The van der Waals surface area contributed by atoms with Gasteiger partial charge in [-0.2, -0.15) is 0 Å². The summed E-state index contributed by atoms with van der Waals surface area (Å²) in [4.78, 5) is 2.42. The summed E-state index contributed by atoms with van der Waals surface area (Å²) in [5.74, 6) is -0.194. The molecule has 0 radical (unpaired) electrons.